The number of halogens is 1. The molecule has 1 saturated heterocycles. The molecule has 1 aliphatic heterocycles. The van der Waals surface area contributed by atoms with E-state index in [4.69, 9.17) is 16.3 Å². The Kier molecular flexibility index (Phi) is 6.21. The van der Waals surface area contributed by atoms with Crippen molar-refractivity contribution in [2.45, 2.75) is 6.54 Å². The fourth-order valence-electron chi connectivity index (χ4n) is 2.98. The highest BCUT2D eigenvalue weighted by molar-refractivity contribution is 8.18. The molecule has 4 rings (SSSR count). The number of nitrogens with zero attached hydrogens (tertiary/aromatic N) is 1. The predicted molar refractivity (Wildman–Crippen MR) is 121 cm³/mol. The quantitative estimate of drug-likeness (QED) is 0.280. The number of para-hydroxylation sites is 1. The van der Waals surface area contributed by atoms with Gasteiger partial charge in [0.1, 0.15) is 5.75 Å². The fourth-order valence-corrected chi connectivity index (χ4v) is 3.94. The number of esters is 1. The van der Waals surface area contributed by atoms with Gasteiger partial charge in [0.25, 0.3) is 11.1 Å². The number of rotatable bonds is 5. The van der Waals surface area contributed by atoms with Gasteiger partial charge in [0, 0.05) is 10.6 Å². The van der Waals surface area contributed by atoms with Crippen molar-refractivity contribution in [3.8, 4) is 5.75 Å². The SMILES string of the molecule is O=C(Oc1ccccc1/C=C1\SC(=O)N(Cc2ccccc2)C1=O)c1ccc(Cl)cc1. The number of ether oxygens (including phenoxy) is 1. The second kappa shape index (κ2) is 9.20. The molecule has 0 atom stereocenters. The summed E-state index contributed by atoms with van der Waals surface area (Å²) >= 11 is 6.72. The summed E-state index contributed by atoms with van der Waals surface area (Å²) in [4.78, 5) is 39.1. The van der Waals surface area contributed by atoms with Crippen LogP contribution in [0.1, 0.15) is 21.5 Å². The van der Waals surface area contributed by atoms with E-state index >= 15 is 0 Å². The van der Waals surface area contributed by atoms with Crippen molar-refractivity contribution in [1.82, 2.24) is 4.90 Å². The fraction of sp³-hybridized carbons (Fsp3) is 0.0417. The number of carbonyl (C=O) groups is 3. The molecule has 0 aromatic heterocycles. The molecule has 0 spiro atoms. The molecule has 0 radical (unpaired) electrons. The van der Waals surface area contributed by atoms with E-state index in [-0.39, 0.29) is 28.3 Å². The van der Waals surface area contributed by atoms with Crippen molar-refractivity contribution in [3.63, 3.8) is 0 Å². The van der Waals surface area contributed by atoms with Gasteiger partial charge in [0.05, 0.1) is 17.0 Å². The molecule has 3 aromatic rings. The Balaban J connectivity index is 1.55. The summed E-state index contributed by atoms with van der Waals surface area (Å²) in [6.45, 7) is 0.204. The summed E-state index contributed by atoms with van der Waals surface area (Å²) in [5.41, 5.74) is 1.74. The highest BCUT2D eigenvalue weighted by Gasteiger charge is 2.35. The Morgan fingerprint density at radius 1 is 0.935 bits per heavy atom. The molecule has 1 aliphatic rings. The van der Waals surface area contributed by atoms with E-state index in [1.54, 1.807) is 54.6 Å². The molecule has 1 fully saturated rings. The Morgan fingerprint density at radius 3 is 2.35 bits per heavy atom. The number of amides is 2. The summed E-state index contributed by atoms with van der Waals surface area (Å²) in [7, 11) is 0. The molecule has 5 nitrogen and oxygen atoms in total. The van der Waals surface area contributed by atoms with Gasteiger partial charge in [-0.05, 0) is 53.7 Å². The normalized spacial score (nSPS) is 14.9. The van der Waals surface area contributed by atoms with Crippen molar-refractivity contribution in [1.29, 1.82) is 0 Å². The zero-order chi connectivity index (χ0) is 21.8. The number of hydrogen-bond acceptors (Lipinski definition) is 5. The number of thioether (sulfide) groups is 1. The van der Waals surface area contributed by atoms with Crippen LogP contribution in [0.4, 0.5) is 4.79 Å². The van der Waals surface area contributed by atoms with Crippen LogP contribution < -0.4 is 4.74 Å². The average Bonchev–Trinajstić information content (AvgIpc) is 3.03. The zero-order valence-electron chi connectivity index (χ0n) is 16.2. The van der Waals surface area contributed by atoms with Gasteiger partial charge in [0.15, 0.2) is 0 Å². The first-order chi connectivity index (χ1) is 15.0. The summed E-state index contributed by atoms with van der Waals surface area (Å²) in [6.07, 6.45) is 1.57. The summed E-state index contributed by atoms with van der Waals surface area (Å²) in [6, 6.07) is 22.5. The third-order valence-electron chi connectivity index (χ3n) is 4.55. The molecule has 2 amide bonds. The lowest BCUT2D eigenvalue weighted by molar-refractivity contribution is -0.123. The van der Waals surface area contributed by atoms with Crippen LogP contribution in [-0.2, 0) is 11.3 Å². The Labute approximate surface area is 188 Å². The van der Waals surface area contributed by atoms with E-state index in [9.17, 15) is 14.4 Å². The first kappa shape index (κ1) is 20.9. The number of benzene rings is 3. The number of carbonyl (C=O) groups excluding carboxylic acids is 3. The minimum absolute atomic E-state index is 0.204. The zero-order valence-corrected chi connectivity index (χ0v) is 17.7. The van der Waals surface area contributed by atoms with Gasteiger partial charge >= 0.3 is 5.97 Å². The first-order valence-electron chi connectivity index (χ1n) is 9.37. The highest BCUT2D eigenvalue weighted by Crippen LogP contribution is 2.35. The van der Waals surface area contributed by atoms with E-state index in [0.717, 1.165) is 17.3 Å². The van der Waals surface area contributed by atoms with Crippen LogP contribution in [0.2, 0.25) is 5.02 Å². The molecule has 3 aromatic carbocycles. The van der Waals surface area contributed by atoms with Crippen molar-refractivity contribution < 1.29 is 19.1 Å². The van der Waals surface area contributed by atoms with E-state index in [0.29, 0.717) is 16.1 Å². The van der Waals surface area contributed by atoms with Crippen molar-refractivity contribution in [3.05, 3.63) is 105 Å². The average molecular weight is 450 g/mol. The monoisotopic (exact) mass is 449 g/mol. The molecule has 1 heterocycles. The lowest BCUT2D eigenvalue weighted by atomic mass is 10.1. The number of imide groups is 1. The first-order valence-corrected chi connectivity index (χ1v) is 10.6. The van der Waals surface area contributed by atoms with Gasteiger partial charge in [0.2, 0.25) is 0 Å². The van der Waals surface area contributed by atoms with Crippen LogP contribution in [0.5, 0.6) is 5.75 Å². The molecule has 7 heteroatoms. The topological polar surface area (TPSA) is 63.7 Å². The van der Waals surface area contributed by atoms with Crippen molar-refractivity contribution in [2.24, 2.45) is 0 Å². The molecular formula is C24H16ClNO4S. The summed E-state index contributed by atoms with van der Waals surface area (Å²) in [5, 5.41) is 0.180. The molecular weight excluding hydrogens is 434 g/mol. The molecule has 0 aliphatic carbocycles. The van der Waals surface area contributed by atoms with E-state index < -0.39 is 5.97 Å². The van der Waals surface area contributed by atoms with Crippen LogP contribution in [0.3, 0.4) is 0 Å². The van der Waals surface area contributed by atoms with Crippen molar-refractivity contribution in [2.75, 3.05) is 0 Å². The van der Waals surface area contributed by atoms with E-state index in [1.165, 1.54) is 4.90 Å². The van der Waals surface area contributed by atoms with Crippen LogP contribution >= 0.6 is 23.4 Å². The van der Waals surface area contributed by atoms with Crippen LogP contribution in [0.25, 0.3) is 6.08 Å². The van der Waals surface area contributed by atoms with Crippen molar-refractivity contribution >= 4 is 46.6 Å². The third-order valence-corrected chi connectivity index (χ3v) is 5.70. The smallest absolute Gasteiger partial charge is 0.343 e. The minimum atomic E-state index is -0.547. The second-order valence-electron chi connectivity index (χ2n) is 6.69. The van der Waals surface area contributed by atoms with E-state index in [2.05, 4.69) is 0 Å². The van der Waals surface area contributed by atoms with Crippen LogP contribution in [0.15, 0.2) is 83.8 Å². The lowest BCUT2D eigenvalue weighted by Crippen LogP contribution is -2.27. The third kappa shape index (κ3) is 4.87. The number of hydrogen-bond donors (Lipinski definition) is 0. The standard InChI is InChI=1S/C24H16ClNO4S/c25-19-12-10-17(11-13-19)23(28)30-20-9-5-4-8-18(20)14-21-22(27)26(24(29)31-21)15-16-6-2-1-3-7-16/h1-14H,15H2/b21-14-. The van der Waals surface area contributed by atoms with Gasteiger partial charge in [-0.1, -0.05) is 60.1 Å². The maximum absolute atomic E-state index is 12.8. The molecule has 0 unspecified atom stereocenters. The predicted octanol–water partition coefficient (Wildman–Crippen LogP) is 5.80. The van der Waals surface area contributed by atoms with Gasteiger partial charge < -0.3 is 4.74 Å². The van der Waals surface area contributed by atoms with Gasteiger partial charge in [-0.25, -0.2) is 4.79 Å². The van der Waals surface area contributed by atoms with Gasteiger partial charge in [-0.15, -0.1) is 0 Å². The second-order valence-corrected chi connectivity index (χ2v) is 8.12. The molecule has 154 valence electrons. The maximum Gasteiger partial charge on any atom is 0.343 e. The summed E-state index contributed by atoms with van der Waals surface area (Å²) < 4.78 is 5.52. The van der Waals surface area contributed by atoms with Gasteiger partial charge in [-0.2, -0.15) is 0 Å². The van der Waals surface area contributed by atoms with Crippen LogP contribution in [0, 0.1) is 0 Å². The van der Waals surface area contributed by atoms with Crippen LogP contribution in [-0.4, -0.2) is 22.0 Å². The van der Waals surface area contributed by atoms with Gasteiger partial charge in [-0.3, -0.25) is 14.5 Å². The minimum Gasteiger partial charge on any atom is -0.422 e. The maximum atomic E-state index is 12.8. The Hall–Kier alpha value is -3.35. The van der Waals surface area contributed by atoms with E-state index in [1.807, 2.05) is 30.3 Å². The molecule has 31 heavy (non-hydrogen) atoms. The molecule has 0 bridgehead atoms. The Morgan fingerprint density at radius 2 is 1.61 bits per heavy atom. The molecule has 0 N–H and O–H groups in total. The largest absolute Gasteiger partial charge is 0.422 e. The highest BCUT2D eigenvalue weighted by atomic mass is 35.5. The Bertz CT molecular complexity index is 1180. The lowest BCUT2D eigenvalue weighted by Gasteiger charge is -2.12. The molecule has 0 saturated carbocycles. The summed E-state index contributed by atoms with van der Waals surface area (Å²) in [5.74, 6) is -0.635.